The minimum Gasteiger partial charge on any atom is -0.465 e. The van der Waals surface area contributed by atoms with Gasteiger partial charge >= 0.3 is 5.69 Å². The summed E-state index contributed by atoms with van der Waals surface area (Å²) in [4.78, 5) is 26.3. The van der Waals surface area contributed by atoms with Crippen molar-refractivity contribution in [3.8, 4) is 0 Å². The quantitative estimate of drug-likeness (QED) is 0.784. The molecule has 25 heavy (non-hydrogen) atoms. The maximum Gasteiger partial charge on any atom is 0.330 e. The molecule has 0 radical (unpaired) electrons. The second-order valence-corrected chi connectivity index (χ2v) is 6.69. The van der Waals surface area contributed by atoms with Crippen molar-refractivity contribution in [2.75, 3.05) is 13.2 Å². The van der Waals surface area contributed by atoms with E-state index in [1.807, 2.05) is 19.1 Å². The molecule has 0 N–H and O–H groups in total. The van der Waals surface area contributed by atoms with Crippen LogP contribution in [-0.4, -0.2) is 33.3 Å². The molecule has 1 saturated heterocycles. The molecule has 136 valence electrons. The molecule has 0 amide bonds. The summed E-state index contributed by atoms with van der Waals surface area (Å²) in [5.41, 5.74) is 0.0896. The lowest BCUT2D eigenvalue weighted by molar-refractivity contribution is 0.0644. The predicted molar refractivity (Wildman–Crippen MR) is 93.5 cm³/mol. The molecule has 0 bridgehead atoms. The Morgan fingerprint density at radius 2 is 2.00 bits per heavy atom. The zero-order valence-electron chi connectivity index (χ0n) is 15.0. The maximum atomic E-state index is 12.2. The summed E-state index contributed by atoms with van der Waals surface area (Å²) < 4.78 is 14.1. The van der Waals surface area contributed by atoms with Crippen LogP contribution in [0.25, 0.3) is 0 Å². The van der Waals surface area contributed by atoms with Crippen molar-refractivity contribution in [1.29, 1.82) is 0 Å². The zero-order valence-corrected chi connectivity index (χ0v) is 15.0. The highest BCUT2D eigenvalue weighted by molar-refractivity contribution is 5.07. The van der Waals surface area contributed by atoms with E-state index in [1.165, 1.54) is 17.7 Å². The summed E-state index contributed by atoms with van der Waals surface area (Å²) in [6, 6.07) is 5.42. The average molecular weight is 347 g/mol. The zero-order chi connectivity index (χ0) is 18.0. The minimum absolute atomic E-state index is 0.180. The van der Waals surface area contributed by atoms with Gasteiger partial charge in [-0.15, -0.1) is 0 Å². The van der Waals surface area contributed by atoms with Gasteiger partial charge in [-0.3, -0.25) is 18.8 Å². The van der Waals surface area contributed by atoms with Gasteiger partial charge in [-0.2, -0.15) is 0 Å². The Morgan fingerprint density at radius 1 is 1.20 bits per heavy atom. The molecule has 0 unspecified atom stereocenters. The highest BCUT2D eigenvalue weighted by Crippen LogP contribution is 2.17. The maximum absolute atomic E-state index is 12.2. The topological polar surface area (TPSA) is 69.6 Å². The predicted octanol–water partition coefficient (Wildman–Crippen LogP) is 1.17. The van der Waals surface area contributed by atoms with Gasteiger partial charge in [-0.25, -0.2) is 4.79 Å². The number of rotatable bonds is 6. The normalized spacial score (nSPS) is 17.5. The van der Waals surface area contributed by atoms with E-state index in [0.717, 1.165) is 42.1 Å². The first-order valence-electron chi connectivity index (χ1n) is 8.59. The molecule has 2 aromatic heterocycles. The number of aryl methyl sites for hydroxylation is 1. The third-order valence-corrected chi connectivity index (χ3v) is 4.67. The lowest BCUT2D eigenvalue weighted by Crippen LogP contribution is -2.40. The fourth-order valence-corrected chi connectivity index (χ4v) is 3.21. The van der Waals surface area contributed by atoms with E-state index in [-0.39, 0.29) is 17.4 Å². The smallest absolute Gasteiger partial charge is 0.330 e. The van der Waals surface area contributed by atoms with Crippen LogP contribution in [0.4, 0.5) is 0 Å². The second-order valence-electron chi connectivity index (χ2n) is 6.69. The van der Waals surface area contributed by atoms with E-state index in [1.54, 1.807) is 7.05 Å². The standard InChI is InChI=1S/C18H25N3O4/c1-13-6-7-16(25-13)12-21(11-15-5-4-8-24-15)10-14-9-17(22)20(3)18(23)19(14)2/h6-7,9,15H,4-5,8,10-12H2,1-3H3/t15-/m1/s1. The Balaban J connectivity index is 1.83. The molecule has 2 aromatic rings. The number of hydrogen-bond acceptors (Lipinski definition) is 5. The van der Waals surface area contributed by atoms with Crippen LogP contribution in [0, 0.1) is 6.92 Å². The molecule has 0 aromatic carbocycles. The SMILES string of the molecule is Cc1ccc(CN(Cc2cc(=O)n(C)c(=O)n2C)C[C@H]2CCCO2)o1. The molecule has 3 heterocycles. The lowest BCUT2D eigenvalue weighted by Gasteiger charge is -2.25. The minimum atomic E-state index is -0.312. The summed E-state index contributed by atoms with van der Waals surface area (Å²) in [6.07, 6.45) is 2.28. The van der Waals surface area contributed by atoms with Crippen molar-refractivity contribution in [1.82, 2.24) is 14.0 Å². The van der Waals surface area contributed by atoms with Crippen LogP contribution in [0.15, 0.2) is 32.2 Å². The van der Waals surface area contributed by atoms with Gasteiger partial charge in [0.2, 0.25) is 0 Å². The van der Waals surface area contributed by atoms with E-state index in [2.05, 4.69) is 4.90 Å². The Hall–Kier alpha value is -2.12. The Bertz CT molecular complexity index is 843. The van der Waals surface area contributed by atoms with E-state index in [9.17, 15) is 9.59 Å². The van der Waals surface area contributed by atoms with E-state index in [0.29, 0.717) is 18.8 Å². The summed E-state index contributed by atoms with van der Waals surface area (Å²) in [5.74, 6) is 1.73. The van der Waals surface area contributed by atoms with E-state index < -0.39 is 0 Å². The molecule has 1 fully saturated rings. The monoisotopic (exact) mass is 347 g/mol. The molecule has 0 spiro atoms. The first-order valence-corrected chi connectivity index (χ1v) is 8.59. The number of ether oxygens (including phenoxy) is 1. The van der Waals surface area contributed by atoms with Crippen molar-refractivity contribution in [2.24, 2.45) is 14.1 Å². The van der Waals surface area contributed by atoms with Gasteiger partial charge in [-0.05, 0) is 31.9 Å². The van der Waals surface area contributed by atoms with Crippen molar-refractivity contribution >= 4 is 0 Å². The van der Waals surface area contributed by atoms with Crippen LogP contribution in [0.2, 0.25) is 0 Å². The highest BCUT2D eigenvalue weighted by Gasteiger charge is 2.21. The first kappa shape index (κ1) is 17.7. The summed E-state index contributed by atoms with van der Waals surface area (Å²) in [5, 5.41) is 0. The summed E-state index contributed by atoms with van der Waals surface area (Å²) >= 11 is 0. The first-order chi connectivity index (χ1) is 11.9. The van der Waals surface area contributed by atoms with Crippen molar-refractivity contribution in [3.63, 3.8) is 0 Å². The summed E-state index contributed by atoms with van der Waals surface area (Å²) in [6.45, 7) is 4.54. The largest absolute Gasteiger partial charge is 0.465 e. The molecule has 0 saturated carbocycles. The van der Waals surface area contributed by atoms with E-state index in [4.69, 9.17) is 9.15 Å². The van der Waals surface area contributed by atoms with Gasteiger partial charge in [0.25, 0.3) is 5.56 Å². The Kier molecular flexibility index (Phi) is 5.24. The Labute approximate surface area is 146 Å². The van der Waals surface area contributed by atoms with Crippen LogP contribution >= 0.6 is 0 Å². The molecule has 1 aliphatic heterocycles. The van der Waals surface area contributed by atoms with Crippen LogP contribution in [0.5, 0.6) is 0 Å². The van der Waals surface area contributed by atoms with Gasteiger partial charge in [-0.1, -0.05) is 0 Å². The van der Waals surface area contributed by atoms with Crippen LogP contribution in [0.1, 0.15) is 30.1 Å². The third-order valence-electron chi connectivity index (χ3n) is 4.67. The van der Waals surface area contributed by atoms with E-state index >= 15 is 0 Å². The molecule has 7 heteroatoms. The van der Waals surface area contributed by atoms with Gasteiger partial charge in [0, 0.05) is 45.6 Å². The molecule has 3 rings (SSSR count). The third kappa shape index (κ3) is 4.11. The second kappa shape index (κ2) is 7.41. The molecule has 1 aliphatic rings. The fraction of sp³-hybridized carbons (Fsp3) is 0.556. The molecule has 0 aliphatic carbocycles. The van der Waals surface area contributed by atoms with Crippen molar-refractivity contribution in [3.05, 3.63) is 56.3 Å². The lowest BCUT2D eigenvalue weighted by atomic mass is 10.2. The van der Waals surface area contributed by atoms with Crippen LogP contribution < -0.4 is 11.2 Å². The number of hydrogen-bond donors (Lipinski definition) is 0. The van der Waals surface area contributed by atoms with Gasteiger partial charge in [0.15, 0.2) is 0 Å². The van der Waals surface area contributed by atoms with Gasteiger partial charge in [0.1, 0.15) is 11.5 Å². The average Bonchev–Trinajstić information content (AvgIpc) is 3.22. The van der Waals surface area contributed by atoms with Crippen LogP contribution in [-0.2, 0) is 31.9 Å². The summed E-state index contributed by atoms with van der Waals surface area (Å²) in [7, 11) is 3.18. The number of furan rings is 1. The fourth-order valence-electron chi connectivity index (χ4n) is 3.21. The molecular formula is C18H25N3O4. The highest BCUT2D eigenvalue weighted by atomic mass is 16.5. The van der Waals surface area contributed by atoms with Gasteiger partial charge in [0.05, 0.1) is 12.6 Å². The van der Waals surface area contributed by atoms with Gasteiger partial charge < -0.3 is 9.15 Å². The van der Waals surface area contributed by atoms with Crippen molar-refractivity contribution < 1.29 is 9.15 Å². The molecular weight excluding hydrogens is 322 g/mol. The Morgan fingerprint density at radius 3 is 2.64 bits per heavy atom. The number of nitrogens with zero attached hydrogens (tertiary/aromatic N) is 3. The van der Waals surface area contributed by atoms with Crippen LogP contribution in [0.3, 0.4) is 0 Å². The molecule has 1 atom stereocenters. The molecule has 7 nitrogen and oxygen atoms in total. The number of aromatic nitrogens is 2. The van der Waals surface area contributed by atoms with Crippen molar-refractivity contribution in [2.45, 2.75) is 39.0 Å².